The van der Waals surface area contributed by atoms with E-state index in [1.807, 2.05) is 6.07 Å². The van der Waals surface area contributed by atoms with E-state index in [-0.39, 0.29) is 16.6 Å². The van der Waals surface area contributed by atoms with Gasteiger partial charge in [0.1, 0.15) is 11.0 Å². The smallest absolute Gasteiger partial charge is 0.269 e. The van der Waals surface area contributed by atoms with E-state index in [2.05, 4.69) is 19.8 Å². The summed E-state index contributed by atoms with van der Waals surface area (Å²) in [6, 6.07) is 8.45. The molecular formula is C15H17ClN6O2. The summed E-state index contributed by atoms with van der Waals surface area (Å²) in [6.07, 6.45) is 0. The molecule has 1 aliphatic heterocycles. The van der Waals surface area contributed by atoms with Crippen LogP contribution in [0.25, 0.3) is 0 Å². The first-order chi connectivity index (χ1) is 11.5. The van der Waals surface area contributed by atoms with Crippen LogP contribution in [0.5, 0.6) is 0 Å². The molecule has 0 radical (unpaired) electrons. The van der Waals surface area contributed by atoms with Crippen molar-refractivity contribution in [2.24, 2.45) is 0 Å². The van der Waals surface area contributed by atoms with Gasteiger partial charge in [-0.2, -0.15) is 4.98 Å². The Morgan fingerprint density at radius 2 is 1.96 bits per heavy atom. The summed E-state index contributed by atoms with van der Waals surface area (Å²) >= 11 is 5.92. The summed E-state index contributed by atoms with van der Waals surface area (Å²) in [5, 5.41) is 11.2. The van der Waals surface area contributed by atoms with E-state index < -0.39 is 0 Å². The van der Waals surface area contributed by atoms with Crippen molar-refractivity contribution < 1.29 is 4.92 Å². The minimum absolute atomic E-state index is 0.122. The number of hydrogen-bond acceptors (Lipinski definition) is 7. The van der Waals surface area contributed by atoms with E-state index in [4.69, 9.17) is 17.3 Å². The molecule has 0 saturated carbocycles. The monoisotopic (exact) mass is 348 g/mol. The van der Waals surface area contributed by atoms with Gasteiger partial charge < -0.3 is 10.6 Å². The number of hydrogen-bond donors (Lipinski definition) is 1. The highest BCUT2D eigenvalue weighted by atomic mass is 35.5. The van der Waals surface area contributed by atoms with Crippen molar-refractivity contribution in [1.29, 1.82) is 0 Å². The maximum atomic E-state index is 10.9. The summed E-state index contributed by atoms with van der Waals surface area (Å²) in [7, 11) is 0. The lowest BCUT2D eigenvalue weighted by molar-refractivity contribution is -0.384. The fourth-order valence-electron chi connectivity index (χ4n) is 2.75. The molecule has 1 saturated heterocycles. The average molecular weight is 349 g/mol. The first kappa shape index (κ1) is 16.4. The van der Waals surface area contributed by atoms with E-state index in [1.165, 1.54) is 6.07 Å². The number of benzene rings is 1. The Balaban J connectivity index is 1.61. The molecule has 126 valence electrons. The predicted molar refractivity (Wildman–Crippen MR) is 92.0 cm³/mol. The molecule has 2 heterocycles. The molecule has 2 N–H and O–H groups in total. The molecule has 9 heteroatoms. The summed E-state index contributed by atoms with van der Waals surface area (Å²) in [6.45, 7) is 3.89. The van der Waals surface area contributed by atoms with E-state index in [0.29, 0.717) is 11.7 Å². The number of rotatable bonds is 4. The van der Waals surface area contributed by atoms with Crippen LogP contribution in [0.2, 0.25) is 5.15 Å². The number of piperazine rings is 1. The van der Waals surface area contributed by atoms with Gasteiger partial charge >= 0.3 is 0 Å². The van der Waals surface area contributed by atoms with Crippen molar-refractivity contribution in [2.75, 3.05) is 36.8 Å². The van der Waals surface area contributed by atoms with Crippen LogP contribution in [0.4, 0.5) is 17.5 Å². The van der Waals surface area contributed by atoms with Gasteiger partial charge in [-0.25, -0.2) is 4.98 Å². The zero-order valence-corrected chi connectivity index (χ0v) is 13.7. The number of nitrogens with two attached hydrogens (primary N) is 1. The maximum absolute atomic E-state index is 10.9. The largest absolute Gasteiger partial charge is 0.368 e. The zero-order chi connectivity index (χ0) is 17.1. The Morgan fingerprint density at radius 3 is 2.62 bits per heavy atom. The Labute approximate surface area is 144 Å². The van der Waals surface area contributed by atoms with Gasteiger partial charge in [-0.3, -0.25) is 15.0 Å². The highest BCUT2D eigenvalue weighted by molar-refractivity contribution is 6.29. The molecule has 0 aliphatic carbocycles. The van der Waals surface area contributed by atoms with E-state index in [9.17, 15) is 10.1 Å². The fourth-order valence-corrected chi connectivity index (χ4v) is 2.93. The van der Waals surface area contributed by atoms with Crippen LogP contribution < -0.4 is 10.6 Å². The molecule has 1 aromatic heterocycles. The molecule has 0 amide bonds. The first-order valence-electron chi connectivity index (χ1n) is 7.52. The highest BCUT2D eigenvalue weighted by Gasteiger charge is 2.19. The normalized spacial score (nSPS) is 15.5. The number of nitrogen functional groups attached to an aromatic ring is 1. The number of halogens is 1. The van der Waals surface area contributed by atoms with Crippen molar-refractivity contribution in [3.63, 3.8) is 0 Å². The number of non-ortho nitro benzene ring substituents is 1. The van der Waals surface area contributed by atoms with Gasteiger partial charge in [0.25, 0.3) is 5.69 Å². The lowest BCUT2D eigenvalue weighted by Crippen LogP contribution is -2.46. The van der Waals surface area contributed by atoms with E-state index in [1.54, 1.807) is 18.2 Å². The van der Waals surface area contributed by atoms with E-state index >= 15 is 0 Å². The van der Waals surface area contributed by atoms with Crippen LogP contribution in [-0.4, -0.2) is 46.0 Å². The minimum Gasteiger partial charge on any atom is -0.368 e. The van der Waals surface area contributed by atoms with Crippen LogP contribution in [-0.2, 0) is 6.54 Å². The van der Waals surface area contributed by atoms with Gasteiger partial charge in [0.05, 0.1) is 4.92 Å². The van der Waals surface area contributed by atoms with Gasteiger partial charge in [-0.15, -0.1) is 0 Å². The van der Waals surface area contributed by atoms with Crippen molar-refractivity contribution >= 4 is 29.1 Å². The molecular weight excluding hydrogens is 332 g/mol. The van der Waals surface area contributed by atoms with Crippen molar-refractivity contribution in [1.82, 2.24) is 14.9 Å². The second-order valence-corrected chi connectivity index (χ2v) is 5.98. The fraction of sp³-hybridized carbons (Fsp3) is 0.333. The van der Waals surface area contributed by atoms with Gasteiger partial charge in [0.2, 0.25) is 5.95 Å². The zero-order valence-electron chi connectivity index (χ0n) is 12.9. The molecule has 1 aromatic carbocycles. The molecule has 0 atom stereocenters. The summed E-state index contributed by atoms with van der Waals surface area (Å²) in [5.41, 5.74) is 6.69. The van der Waals surface area contributed by atoms with Gasteiger partial charge in [-0.1, -0.05) is 23.7 Å². The van der Waals surface area contributed by atoms with Crippen molar-refractivity contribution in [2.45, 2.75) is 6.54 Å². The van der Waals surface area contributed by atoms with Crippen LogP contribution in [0.3, 0.4) is 0 Å². The van der Waals surface area contributed by atoms with Crippen LogP contribution >= 0.6 is 11.6 Å². The molecule has 8 nitrogen and oxygen atoms in total. The molecule has 1 aliphatic rings. The van der Waals surface area contributed by atoms with Crippen molar-refractivity contribution in [3.05, 3.63) is 51.2 Å². The molecule has 0 unspecified atom stereocenters. The first-order valence-corrected chi connectivity index (χ1v) is 7.90. The molecule has 3 rings (SSSR count). The third kappa shape index (κ3) is 3.90. The third-order valence-electron chi connectivity index (χ3n) is 3.92. The average Bonchev–Trinajstić information content (AvgIpc) is 2.55. The topological polar surface area (TPSA) is 101 Å². The second-order valence-electron chi connectivity index (χ2n) is 5.60. The number of nitrogens with zero attached hydrogens (tertiary/aromatic N) is 5. The molecule has 0 bridgehead atoms. The summed E-state index contributed by atoms with van der Waals surface area (Å²) < 4.78 is 0. The van der Waals surface area contributed by atoms with E-state index in [0.717, 1.165) is 37.6 Å². The number of aromatic nitrogens is 2. The Hall–Kier alpha value is -2.45. The van der Waals surface area contributed by atoms with Crippen LogP contribution in [0.1, 0.15) is 5.56 Å². The lowest BCUT2D eigenvalue weighted by atomic mass is 10.1. The SMILES string of the molecule is Nc1nc(Cl)cc(N2CCN(Cc3cccc([N+](=O)[O-])c3)CC2)n1. The standard InChI is InChI=1S/C15H17ClN6O2/c16-13-9-14(19-15(17)18-13)21-6-4-20(5-7-21)10-11-2-1-3-12(8-11)22(23)24/h1-3,8-9H,4-7,10H2,(H2,17,18,19). The highest BCUT2D eigenvalue weighted by Crippen LogP contribution is 2.20. The van der Waals surface area contributed by atoms with Crippen molar-refractivity contribution in [3.8, 4) is 0 Å². The predicted octanol–water partition coefficient (Wildman–Crippen LogP) is 1.94. The minimum atomic E-state index is -0.370. The quantitative estimate of drug-likeness (QED) is 0.511. The second kappa shape index (κ2) is 6.98. The Morgan fingerprint density at radius 1 is 1.21 bits per heavy atom. The maximum Gasteiger partial charge on any atom is 0.269 e. The number of anilines is 2. The van der Waals surface area contributed by atoms with Crippen LogP contribution in [0, 0.1) is 10.1 Å². The molecule has 0 spiro atoms. The Bertz CT molecular complexity index is 728. The Kier molecular flexibility index (Phi) is 4.77. The summed E-state index contributed by atoms with van der Waals surface area (Å²) in [4.78, 5) is 22.9. The third-order valence-corrected chi connectivity index (χ3v) is 4.12. The number of nitro benzene ring substituents is 1. The summed E-state index contributed by atoms with van der Waals surface area (Å²) in [5.74, 6) is 0.888. The number of nitro groups is 1. The molecule has 24 heavy (non-hydrogen) atoms. The lowest BCUT2D eigenvalue weighted by Gasteiger charge is -2.35. The van der Waals surface area contributed by atoms with Crippen LogP contribution in [0.15, 0.2) is 30.3 Å². The molecule has 2 aromatic rings. The molecule has 1 fully saturated rings. The van der Waals surface area contributed by atoms with Gasteiger partial charge in [0.15, 0.2) is 0 Å². The van der Waals surface area contributed by atoms with Gasteiger partial charge in [0, 0.05) is 50.9 Å². The van der Waals surface area contributed by atoms with Gasteiger partial charge in [-0.05, 0) is 5.56 Å².